The van der Waals surface area contributed by atoms with Crippen molar-refractivity contribution in [3.8, 4) is 0 Å². The van der Waals surface area contributed by atoms with Gasteiger partial charge >= 0.3 is 5.97 Å². The lowest BCUT2D eigenvalue weighted by molar-refractivity contribution is -0.148. The molecule has 0 radical (unpaired) electrons. The minimum atomic E-state index is -1.16. The Kier molecular flexibility index (Phi) is 11.8. The molecular formula is C16H26ClN3O4. The van der Waals surface area contributed by atoms with Gasteiger partial charge in [0.2, 0.25) is 5.91 Å². The van der Waals surface area contributed by atoms with Crippen molar-refractivity contribution in [2.24, 2.45) is 5.73 Å². The number of aliphatic hydroxyl groups excluding tert-OH is 1. The van der Waals surface area contributed by atoms with Crippen molar-refractivity contribution < 1.29 is 19.4 Å². The van der Waals surface area contributed by atoms with E-state index in [1.54, 1.807) is 0 Å². The summed E-state index contributed by atoms with van der Waals surface area (Å²) in [5.74, 6) is -1.09. The van der Waals surface area contributed by atoms with Crippen LogP contribution in [0, 0.1) is 0 Å². The maximum atomic E-state index is 11.8. The van der Waals surface area contributed by atoms with Crippen molar-refractivity contribution >= 4 is 23.7 Å². The summed E-state index contributed by atoms with van der Waals surface area (Å²) in [5, 5.41) is 12.0. The number of nitrogens with one attached hydrogen (secondary N) is 2. The van der Waals surface area contributed by atoms with Crippen LogP contribution in [-0.4, -0.2) is 35.3 Å². The zero-order valence-electron chi connectivity index (χ0n) is 14.2. The molecule has 8 heteroatoms. The number of ether oxygens (including phenoxy) is 1. The van der Waals surface area contributed by atoms with Gasteiger partial charge in [0.15, 0.2) is 0 Å². The van der Waals surface area contributed by atoms with Crippen molar-refractivity contribution in [3.05, 3.63) is 35.9 Å². The van der Waals surface area contributed by atoms with Crippen LogP contribution in [0.4, 0.5) is 0 Å². The molecule has 1 amide bonds. The first-order chi connectivity index (χ1) is 11.4. The average Bonchev–Trinajstić information content (AvgIpc) is 2.61. The smallest absolute Gasteiger partial charge is 0.328 e. The maximum Gasteiger partial charge on any atom is 0.328 e. The largest absolute Gasteiger partial charge is 0.459 e. The predicted octanol–water partition coefficient (Wildman–Crippen LogP) is 1.04. The number of benzene rings is 1. The minimum Gasteiger partial charge on any atom is -0.459 e. The fourth-order valence-electron chi connectivity index (χ4n) is 1.60. The first kappa shape index (κ1) is 22.3. The lowest BCUT2D eigenvalue weighted by Gasteiger charge is -2.18. The Labute approximate surface area is 147 Å². The molecule has 0 saturated carbocycles. The molecule has 0 aromatic heterocycles. The summed E-state index contributed by atoms with van der Waals surface area (Å²) in [6.07, 6.45) is -2.38. The van der Waals surface area contributed by atoms with Crippen LogP contribution in [0.3, 0.4) is 0 Å². The molecule has 0 spiro atoms. The van der Waals surface area contributed by atoms with Crippen molar-refractivity contribution in [1.29, 1.82) is 0 Å². The van der Waals surface area contributed by atoms with Gasteiger partial charge in [0.25, 0.3) is 0 Å². The topological polar surface area (TPSA) is 114 Å². The van der Waals surface area contributed by atoms with Gasteiger partial charge in [0.1, 0.15) is 12.6 Å². The van der Waals surface area contributed by atoms with E-state index < -0.39 is 30.2 Å². The van der Waals surface area contributed by atoms with Crippen LogP contribution in [0.15, 0.2) is 30.3 Å². The van der Waals surface area contributed by atoms with Gasteiger partial charge in [-0.15, -0.1) is 0 Å². The van der Waals surface area contributed by atoms with Gasteiger partial charge in [-0.05, 0) is 24.3 Å². The molecule has 1 rings (SSSR count). The number of rotatable bonds is 8. The van der Waals surface area contributed by atoms with E-state index in [0.29, 0.717) is 0 Å². The highest BCUT2D eigenvalue weighted by Crippen LogP contribution is 2.02. The molecule has 0 aliphatic heterocycles. The molecule has 0 aliphatic rings. The Morgan fingerprint density at radius 3 is 2.42 bits per heavy atom. The maximum absolute atomic E-state index is 11.8. The number of esters is 1. The van der Waals surface area contributed by atoms with E-state index in [0.717, 1.165) is 5.56 Å². The summed E-state index contributed by atoms with van der Waals surface area (Å²) in [6.45, 7) is 5.63. The van der Waals surface area contributed by atoms with Gasteiger partial charge in [-0.2, -0.15) is 0 Å². The molecule has 7 nitrogen and oxygen atoms in total. The minimum absolute atomic E-state index is 0.129. The highest BCUT2D eigenvalue weighted by Gasteiger charge is 2.21. The van der Waals surface area contributed by atoms with Crippen LogP contribution >= 0.6 is 11.8 Å². The summed E-state index contributed by atoms with van der Waals surface area (Å²) in [7, 11) is 0. The van der Waals surface area contributed by atoms with Crippen molar-refractivity contribution in [3.63, 3.8) is 0 Å². The molecule has 0 heterocycles. The third kappa shape index (κ3) is 8.83. The Morgan fingerprint density at radius 2 is 1.88 bits per heavy atom. The third-order valence-electron chi connectivity index (χ3n) is 2.89. The number of carbonyl (C=O) groups excluding carboxylic acids is 2. The summed E-state index contributed by atoms with van der Waals surface area (Å²) < 4.78 is 5.09. The fraction of sp³-hybridized carbons (Fsp3) is 0.500. The summed E-state index contributed by atoms with van der Waals surface area (Å²) in [5.41, 5.74) is 6.25. The lowest BCUT2D eigenvalue weighted by Crippen LogP contribution is -2.47. The van der Waals surface area contributed by atoms with Crippen LogP contribution in [0.2, 0.25) is 0 Å². The second-order valence-corrected chi connectivity index (χ2v) is 5.01. The van der Waals surface area contributed by atoms with E-state index in [2.05, 4.69) is 10.2 Å². The van der Waals surface area contributed by atoms with E-state index in [9.17, 15) is 14.7 Å². The summed E-state index contributed by atoms with van der Waals surface area (Å²) >= 11 is 5.25. The molecule has 1 aromatic carbocycles. The zero-order valence-corrected chi connectivity index (χ0v) is 14.9. The Balaban J connectivity index is 0.00000254. The molecule has 24 heavy (non-hydrogen) atoms. The quantitative estimate of drug-likeness (QED) is 0.313. The number of aliphatic hydroxyl groups is 1. The number of carbonyl (C=O) groups is 2. The Morgan fingerprint density at radius 1 is 1.29 bits per heavy atom. The molecule has 136 valence electrons. The zero-order chi connectivity index (χ0) is 18.5. The number of hydrogen-bond donors (Lipinski definition) is 4. The SMILES string of the molecule is CC.CC(NC(=O)CC(O)[C@H](N)NCl)C(=O)OCc1ccccc1. The Hall–Kier alpha value is -1.67. The number of amides is 1. The molecule has 1 aromatic rings. The van der Waals surface area contributed by atoms with E-state index >= 15 is 0 Å². The first-order valence-electron chi connectivity index (χ1n) is 7.73. The highest BCUT2D eigenvalue weighted by molar-refractivity contribution is 6.13. The van der Waals surface area contributed by atoms with Gasteiger partial charge in [0, 0.05) is 0 Å². The van der Waals surface area contributed by atoms with E-state index in [-0.39, 0.29) is 13.0 Å². The Bertz CT molecular complexity index is 487. The molecule has 0 fully saturated rings. The van der Waals surface area contributed by atoms with Crippen LogP contribution < -0.4 is 15.9 Å². The summed E-state index contributed by atoms with van der Waals surface area (Å²) in [4.78, 5) is 25.5. The molecule has 2 unspecified atom stereocenters. The standard InChI is InChI=1S/C14H20ClN3O4.C2H6/c1-9(17-12(20)7-11(19)13(16)18-15)14(21)22-8-10-5-3-2-4-6-10;1-2/h2-6,9,11,13,18-19H,7-8,16H2,1H3,(H,17,20);1-2H3/t9?,11?,13-;/m1./s1. The van der Waals surface area contributed by atoms with Crippen molar-refractivity contribution in [1.82, 2.24) is 10.2 Å². The molecule has 0 aliphatic carbocycles. The first-order valence-corrected chi connectivity index (χ1v) is 8.11. The normalized spacial score (nSPS) is 13.8. The van der Waals surface area contributed by atoms with E-state index in [1.807, 2.05) is 44.2 Å². The molecule has 0 bridgehead atoms. The average molecular weight is 360 g/mol. The van der Waals surface area contributed by atoms with Gasteiger partial charge < -0.3 is 20.9 Å². The highest BCUT2D eigenvalue weighted by atomic mass is 35.5. The van der Waals surface area contributed by atoms with Gasteiger partial charge in [-0.25, -0.2) is 9.63 Å². The van der Waals surface area contributed by atoms with E-state index in [4.69, 9.17) is 22.2 Å². The van der Waals surface area contributed by atoms with Crippen LogP contribution in [-0.2, 0) is 20.9 Å². The van der Waals surface area contributed by atoms with Gasteiger partial charge in [-0.1, -0.05) is 44.2 Å². The second-order valence-electron chi connectivity index (χ2n) is 4.79. The fourth-order valence-corrected chi connectivity index (χ4v) is 1.75. The van der Waals surface area contributed by atoms with Gasteiger partial charge in [0.05, 0.1) is 18.7 Å². The lowest BCUT2D eigenvalue weighted by atomic mass is 10.2. The molecule has 0 saturated heterocycles. The van der Waals surface area contributed by atoms with Crippen LogP contribution in [0.25, 0.3) is 0 Å². The number of nitrogens with two attached hydrogens (primary N) is 1. The summed E-state index contributed by atoms with van der Waals surface area (Å²) in [6, 6.07) is 8.36. The monoisotopic (exact) mass is 359 g/mol. The number of hydrogen-bond acceptors (Lipinski definition) is 6. The molecule has 5 N–H and O–H groups in total. The predicted molar refractivity (Wildman–Crippen MR) is 92.8 cm³/mol. The molecular weight excluding hydrogens is 334 g/mol. The van der Waals surface area contributed by atoms with Crippen LogP contribution in [0.1, 0.15) is 32.8 Å². The number of halogens is 1. The second kappa shape index (κ2) is 12.7. The molecule has 3 atom stereocenters. The third-order valence-corrected chi connectivity index (χ3v) is 3.14. The van der Waals surface area contributed by atoms with Gasteiger partial charge in [-0.3, -0.25) is 4.79 Å². The van der Waals surface area contributed by atoms with E-state index in [1.165, 1.54) is 6.92 Å². The van der Waals surface area contributed by atoms with Crippen molar-refractivity contribution in [2.75, 3.05) is 0 Å². The van der Waals surface area contributed by atoms with Crippen LogP contribution in [0.5, 0.6) is 0 Å². The van der Waals surface area contributed by atoms with Crippen molar-refractivity contribution in [2.45, 2.75) is 52.1 Å².